The number of hydrogen-bond acceptors (Lipinski definition) is 2. The predicted octanol–water partition coefficient (Wildman–Crippen LogP) is 2.37. The summed E-state index contributed by atoms with van der Waals surface area (Å²) in [6.07, 6.45) is 0. The second-order valence-corrected chi connectivity index (χ2v) is 3.63. The van der Waals surface area contributed by atoms with Gasteiger partial charge in [-0.2, -0.15) is 0 Å². The molecule has 0 atom stereocenters. The number of hydrogen-bond donors (Lipinski definition) is 1. The first kappa shape index (κ1) is 12.0. The normalized spacial score (nSPS) is 10.4. The lowest BCUT2D eigenvalue weighted by Gasteiger charge is -2.13. The Morgan fingerprint density at radius 3 is 2.33 bits per heavy atom. The Labute approximate surface area is 90.4 Å². The van der Waals surface area contributed by atoms with Gasteiger partial charge >= 0.3 is 0 Å². The molecule has 3 heteroatoms. The second kappa shape index (κ2) is 5.71. The first-order valence-corrected chi connectivity index (χ1v) is 5.12. The third kappa shape index (κ3) is 3.20. The van der Waals surface area contributed by atoms with E-state index < -0.39 is 6.67 Å². The molecule has 0 saturated carbocycles. The van der Waals surface area contributed by atoms with Crippen LogP contribution in [0.1, 0.15) is 16.7 Å². The van der Waals surface area contributed by atoms with Crippen LogP contribution in [0.4, 0.5) is 4.39 Å². The van der Waals surface area contributed by atoms with Gasteiger partial charge in [-0.3, -0.25) is 0 Å². The lowest BCUT2D eigenvalue weighted by atomic mass is 10.1. The molecule has 0 bridgehead atoms. The molecule has 15 heavy (non-hydrogen) atoms. The molecule has 0 aliphatic heterocycles. The van der Waals surface area contributed by atoms with Gasteiger partial charge in [-0.1, -0.05) is 12.1 Å². The van der Waals surface area contributed by atoms with E-state index in [1.54, 1.807) is 0 Å². The number of ether oxygens (including phenoxy) is 1. The first-order valence-electron chi connectivity index (χ1n) is 5.12. The average molecular weight is 211 g/mol. The minimum atomic E-state index is -0.447. The minimum absolute atomic E-state index is 0.132. The van der Waals surface area contributed by atoms with Gasteiger partial charge in [0.25, 0.3) is 0 Å². The van der Waals surface area contributed by atoms with Crippen molar-refractivity contribution in [3.05, 3.63) is 28.8 Å². The Morgan fingerprint density at radius 2 is 1.87 bits per heavy atom. The van der Waals surface area contributed by atoms with Crippen LogP contribution in [0.5, 0.6) is 5.75 Å². The van der Waals surface area contributed by atoms with Crippen LogP contribution in [0, 0.1) is 13.8 Å². The molecule has 0 radical (unpaired) electrons. The van der Waals surface area contributed by atoms with Gasteiger partial charge in [0.05, 0.1) is 0 Å². The smallest absolute Gasteiger partial charge is 0.125 e. The number of benzene rings is 1. The van der Waals surface area contributed by atoms with Crippen LogP contribution < -0.4 is 10.1 Å². The monoisotopic (exact) mass is 211 g/mol. The van der Waals surface area contributed by atoms with Crippen LogP contribution in [-0.4, -0.2) is 20.3 Å². The quantitative estimate of drug-likeness (QED) is 0.807. The highest BCUT2D eigenvalue weighted by Gasteiger charge is 2.05. The molecule has 0 aliphatic carbocycles. The van der Waals surface area contributed by atoms with Gasteiger partial charge in [0.1, 0.15) is 19.0 Å². The molecule has 0 amide bonds. The van der Waals surface area contributed by atoms with E-state index in [2.05, 4.69) is 17.4 Å². The Bertz CT molecular complexity index is 302. The van der Waals surface area contributed by atoms with E-state index in [0.717, 1.165) is 23.4 Å². The van der Waals surface area contributed by atoms with Crippen molar-refractivity contribution in [2.45, 2.75) is 20.4 Å². The summed E-state index contributed by atoms with van der Waals surface area (Å²) in [5.41, 5.74) is 3.35. The van der Waals surface area contributed by atoms with Crippen molar-refractivity contribution in [1.29, 1.82) is 0 Å². The lowest BCUT2D eigenvalue weighted by molar-refractivity contribution is 0.270. The molecule has 0 unspecified atom stereocenters. The summed E-state index contributed by atoms with van der Waals surface area (Å²) in [6, 6.07) is 4.13. The highest BCUT2D eigenvalue weighted by atomic mass is 19.1. The molecule has 2 nitrogen and oxygen atoms in total. The standard InChI is InChI=1S/C12H18FNO/c1-9-6-11(8-14-3)7-10(2)12(9)15-5-4-13/h6-7,14H,4-5,8H2,1-3H3. The van der Waals surface area contributed by atoms with E-state index in [1.807, 2.05) is 20.9 Å². The Morgan fingerprint density at radius 1 is 1.27 bits per heavy atom. The van der Waals surface area contributed by atoms with E-state index >= 15 is 0 Å². The highest BCUT2D eigenvalue weighted by Crippen LogP contribution is 2.24. The molecular formula is C12H18FNO. The third-order valence-corrected chi connectivity index (χ3v) is 2.22. The van der Waals surface area contributed by atoms with Crippen molar-refractivity contribution in [2.24, 2.45) is 0 Å². The molecule has 0 aromatic heterocycles. The molecule has 0 saturated heterocycles. The van der Waals surface area contributed by atoms with Crippen LogP contribution in [0.2, 0.25) is 0 Å². The fourth-order valence-corrected chi connectivity index (χ4v) is 1.71. The Hall–Kier alpha value is -1.09. The Balaban J connectivity index is 2.88. The van der Waals surface area contributed by atoms with Gasteiger partial charge < -0.3 is 10.1 Å². The van der Waals surface area contributed by atoms with Crippen LogP contribution >= 0.6 is 0 Å². The number of aryl methyl sites for hydroxylation is 2. The summed E-state index contributed by atoms with van der Waals surface area (Å²) in [5.74, 6) is 0.813. The second-order valence-electron chi connectivity index (χ2n) is 3.63. The van der Waals surface area contributed by atoms with Crippen molar-refractivity contribution in [1.82, 2.24) is 5.32 Å². The van der Waals surface area contributed by atoms with Crippen LogP contribution in [0.15, 0.2) is 12.1 Å². The van der Waals surface area contributed by atoms with Crippen molar-refractivity contribution in [3.8, 4) is 5.75 Å². The van der Waals surface area contributed by atoms with Crippen molar-refractivity contribution >= 4 is 0 Å². The zero-order chi connectivity index (χ0) is 11.3. The molecule has 1 aromatic rings. The minimum Gasteiger partial charge on any atom is -0.490 e. The molecular weight excluding hydrogens is 193 g/mol. The van der Waals surface area contributed by atoms with Crippen LogP contribution in [-0.2, 0) is 6.54 Å². The molecule has 84 valence electrons. The van der Waals surface area contributed by atoms with E-state index in [1.165, 1.54) is 5.56 Å². The summed E-state index contributed by atoms with van der Waals surface area (Å²) in [7, 11) is 1.91. The van der Waals surface area contributed by atoms with Crippen molar-refractivity contribution in [3.63, 3.8) is 0 Å². The van der Waals surface area contributed by atoms with Gasteiger partial charge in [0.2, 0.25) is 0 Å². The summed E-state index contributed by atoms with van der Waals surface area (Å²) in [6.45, 7) is 4.49. The predicted molar refractivity (Wildman–Crippen MR) is 60.1 cm³/mol. The fourth-order valence-electron chi connectivity index (χ4n) is 1.71. The number of nitrogens with one attached hydrogen (secondary N) is 1. The summed E-state index contributed by atoms with van der Waals surface area (Å²) >= 11 is 0. The SMILES string of the molecule is CNCc1cc(C)c(OCCF)c(C)c1. The maximum absolute atomic E-state index is 12.0. The van der Waals surface area contributed by atoms with Gasteiger partial charge in [-0.25, -0.2) is 4.39 Å². The number of rotatable bonds is 5. The summed E-state index contributed by atoms with van der Waals surface area (Å²) < 4.78 is 17.4. The Kier molecular flexibility index (Phi) is 4.56. The molecule has 0 heterocycles. The fraction of sp³-hybridized carbons (Fsp3) is 0.500. The average Bonchev–Trinajstić information content (AvgIpc) is 2.17. The lowest BCUT2D eigenvalue weighted by Crippen LogP contribution is -2.07. The summed E-state index contributed by atoms with van der Waals surface area (Å²) in [5, 5.41) is 3.10. The highest BCUT2D eigenvalue weighted by molar-refractivity contribution is 5.43. The van der Waals surface area contributed by atoms with Crippen LogP contribution in [0.25, 0.3) is 0 Å². The van der Waals surface area contributed by atoms with E-state index in [4.69, 9.17) is 4.74 Å². The van der Waals surface area contributed by atoms with E-state index in [-0.39, 0.29) is 6.61 Å². The summed E-state index contributed by atoms with van der Waals surface area (Å²) in [4.78, 5) is 0. The first-order chi connectivity index (χ1) is 7.19. The zero-order valence-corrected chi connectivity index (χ0v) is 9.56. The molecule has 1 aromatic carbocycles. The molecule has 0 aliphatic rings. The largest absolute Gasteiger partial charge is 0.490 e. The topological polar surface area (TPSA) is 21.3 Å². The zero-order valence-electron chi connectivity index (χ0n) is 9.56. The number of halogens is 1. The van der Waals surface area contributed by atoms with Crippen LogP contribution in [0.3, 0.4) is 0 Å². The molecule has 1 rings (SSSR count). The van der Waals surface area contributed by atoms with Gasteiger partial charge in [0.15, 0.2) is 0 Å². The molecule has 0 spiro atoms. The number of alkyl halides is 1. The van der Waals surface area contributed by atoms with E-state index in [9.17, 15) is 4.39 Å². The van der Waals surface area contributed by atoms with Gasteiger partial charge in [-0.05, 0) is 37.6 Å². The third-order valence-electron chi connectivity index (χ3n) is 2.22. The molecule has 1 N–H and O–H groups in total. The van der Waals surface area contributed by atoms with Gasteiger partial charge in [-0.15, -0.1) is 0 Å². The van der Waals surface area contributed by atoms with Crippen molar-refractivity contribution in [2.75, 3.05) is 20.3 Å². The van der Waals surface area contributed by atoms with Gasteiger partial charge in [0, 0.05) is 6.54 Å². The van der Waals surface area contributed by atoms with Crippen molar-refractivity contribution < 1.29 is 9.13 Å². The maximum Gasteiger partial charge on any atom is 0.125 e. The molecule has 0 fully saturated rings. The maximum atomic E-state index is 12.0. The van der Waals surface area contributed by atoms with E-state index in [0.29, 0.717) is 0 Å².